The van der Waals surface area contributed by atoms with Gasteiger partial charge >= 0.3 is 5.97 Å². The number of hydrogen-bond acceptors (Lipinski definition) is 6. The Bertz CT molecular complexity index is 1190. The molecule has 0 saturated carbocycles. The summed E-state index contributed by atoms with van der Waals surface area (Å²) in [5, 5.41) is 10.5. The number of amides is 1. The number of ether oxygens (including phenoxy) is 2. The predicted molar refractivity (Wildman–Crippen MR) is 109 cm³/mol. The van der Waals surface area contributed by atoms with Crippen molar-refractivity contribution >= 4 is 23.2 Å². The summed E-state index contributed by atoms with van der Waals surface area (Å²) >= 11 is 0. The fourth-order valence-electron chi connectivity index (χ4n) is 2.93. The lowest BCUT2D eigenvalue weighted by molar-refractivity contribution is -0.125. The van der Waals surface area contributed by atoms with Gasteiger partial charge in [-0.25, -0.2) is 4.79 Å². The number of esters is 1. The van der Waals surface area contributed by atoms with Crippen molar-refractivity contribution in [2.75, 3.05) is 12.4 Å². The van der Waals surface area contributed by atoms with Gasteiger partial charge in [-0.3, -0.25) is 9.20 Å². The first kappa shape index (κ1) is 19.1. The quantitative estimate of drug-likeness (QED) is 0.498. The van der Waals surface area contributed by atoms with Gasteiger partial charge in [0.15, 0.2) is 5.65 Å². The van der Waals surface area contributed by atoms with E-state index in [9.17, 15) is 9.59 Å². The van der Waals surface area contributed by atoms with E-state index in [1.54, 1.807) is 78.4 Å². The minimum Gasteiger partial charge on any atom is -0.497 e. The van der Waals surface area contributed by atoms with Crippen LogP contribution in [0.3, 0.4) is 0 Å². The van der Waals surface area contributed by atoms with Gasteiger partial charge in [0.2, 0.25) is 6.10 Å². The molecule has 1 unspecified atom stereocenters. The third-order valence-corrected chi connectivity index (χ3v) is 4.43. The molecule has 0 fully saturated rings. The molecule has 8 nitrogen and oxygen atoms in total. The minimum atomic E-state index is -1.14. The maximum Gasteiger partial charge on any atom is 0.340 e. The number of nitrogens with zero attached hydrogens (tertiary/aromatic N) is 3. The van der Waals surface area contributed by atoms with E-state index >= 15 is 0 Å². The second-order valence-electron chi connectivity index (χ2n) is 6.43. The third-order valence-electron chi connectivity index (χ3n) is 4.43. The van der Waals surface area contributed by atoms with E-state index in [-0.39, 0.29) is 5.56 Å². The Morgan fingerprint density at radius 2 is 1.87 bits per heavy atom. The predicted octanol–water partition coefficient (Wildman–Crippen LogP) is 3.27. The molecule has 1 N–H and O–H groups in total. The molecule has 8 heteroatoms. The molecule has 0 aliphatic heterocycles. The molecule has 0 spiro atoms. The highest BCUT2D eigenvalue weighted by molar-refractivity contribution is 5.98. The molecular weight excluding hydrogens is 384 g/mol. The van der Waals surface area contributed by atoms with Crippen molar-refractivity contribution in [2.45, 2.75) is 6.10 Å². The summed E-state index contributed by atoms with van der Waals surface area (Å²) < 4.78 is 12.4. The Balaban J connectivity index is 1.59. The van der Waals surface area contributed by atoms with Gasteiger partial charge in [-0.1, -0.05) is 36.4 Å². The number of rotatable bonds is 6. The average Bonchev–Trinajstić information content (AvgIpc) is 3.26. The monoisotopic (exact) mass is 402 g/mol. The van der Waals surface area contributed by atoms with Crippen LogP contribution in [0, 0.1) is 0 Å². The Labute approximate surface area is 172 Å². The smallest absolute Gasteiger partial charge is 0.340 e. The Kier molecular flexibility index (Phi) is 5.38. The van der Waals surface area contributed by atoms with Crippen molar-refractivity contribution in [3.05, 3.63) is 90.4 Å². The molecule has 1 atom stereocenters. The molecule has 2 aromatic carbocycles. The highest BCUT2D eigenvalue weighted by Gasteiger charge is 2.26. The lowest BCUT2D eigenvalue weighted by Crippen LogP contribution is -2.26. The normalized spacial score (nSPS) is 11.6. The topological polar surface area (TPSA) is 94.8 Å². The van der Waals surface area contributed by atoms with Crippen molar-refractivity contribution in [2.24, 2.45) is 0 Å². The molecule has 0 aliphatic carbocycles. The van der Waals surface area contributed by atoms with E-state index in [0.717, 1.165) is 0 Å². The van der Waals surface area contributed by atoms with Crippen molar-refractivity contribution in [1.29, 1.82) is 0 Å². The van der Waals surface area contributed by atoms with Gasteiger partial charge in [-0.15, -0.1) is 10.2 Å². The van der Waals surface area contributed by atoms with Gasteiger partial charge in [-0.2, -0.15) is 0 Å². The van der Waals surface area contributed by atoms with Crippen LogP contribution in [0.5, 0.6) is 5.75 Å². The molecule has 1 amide bonds. The molecule has 0 aliphatic rings. The zero-order valence-electron chi connectivity index (χ0n) is 16.1. The second kappa shape index (κ2) is 8.44. The first-order valence-corrected chi connectivity index (χ1v) is 9.14. The van der Waals surface area contributed by atoms with Gasteiger partial charge in [-0.05, 0) is 24.3 Å². The summed E-state index contributed by atoms with van der Waals surface area (Å²) in [5.41, 5.74) is 1.96. The van der Waals surface area contributed by atoms with Crippen LogP contribution in [-0.2, 0) is 9.53 Å². The maximum absolute atomic E-state index is 13.0. The third kappa shape index (κ3) is 4.12. The van der Waals surface area contributed by atoms with Crippen LogP contribution in [0.15, 0.2) is 79.3 Å². The van der Waals surface area contributed by atoms with Crippen LogP contribution < -0.4 is 10.1 Å². The number of fused-ring (bicyclic) bond motifs is 1. The molecular formula is C22H18N4O4. The Hall–Kier alpha value is -4.20. The average molecular weight is 402 g/mol. The molecule has 0 radical (unpaired) electrons. The lowest BCUT2D eigenvalue weighted by Gasteiger charge is -2.18. The summed E-state index contributed by atoms with van der Waals surface area (Å²) in [6, 6.07) is 19.0. The Morgan fingerprint density at radius 1 is 1.03 bits per heavy atom. The number of anilines is 1. The lowest BCUT2D eigenvalue weighted by atomic mass is 10.1. The van der Waals surface area contributed by atoms with Crippen LogP contribution >= 0.6 is 0 Å². The van der Waals surface area contributed by atoms with Crippen molar-refractivity contribution < 1.29 is 19.1 Å². The molecule has 30 heavy (non-hydrogen) atoms. The fraction of sp³-hybridized carbons (Fsp3) is 0.0909. The number of benzene rings is 2. The first-order valence-electron chi connectivity index (χ1n) is 9.14. The Morgan fingerprint density at radius 3 is 2.67 bits per heavy atom. The summed E-state index contributed by atoms with van der Waals surface area (Å²) in [4.78, 5) is 25.8. The van der Waals surface area contributed by atoms with Crippen molar-refractivity contribution in [1.82, 2.24) is 14.6 Å². The van der Waals surface area contributed by atoms with Gasteiger partial charge < -0.3 is 14.8 Å². The van der Waals surface area contributed by atoms with Crippen LogP contribution in [0.25, 0.3) is 5.65 Å². The van der Waals surface area contributed by atoms with Gasteiger partial charge in [0.05, 0.1) is 12.7 Å². The highest BCUT2D eigenvalue weighted by atomic mass is 16.5. The van der Waals surface area contributed by atoms with Gasteiger partial charge in [0.25, 0.3) is 5.91 Å². The minimum absolute atomic E-state index is 0.275. The van der Waals surface area contributed by atoms with Gasteiger partial charge in [0.1, 0.15) is 12.1 Å². The van der Waals surface area contributed by atoms with Crippen LogP contribution in [-0.4, -0.2) is 33.6 Å². The number of carbonyl (C=O) groups excluding carboxylic acids is 2. The summed E-state index contributed by atoms with van der Waals surface area (Å²) in [5.74, 6) is -0.517. The standard InChI is InChI=1S/C22H18N4O4/c1-29-18-9-5-8-17(12-18)24-21(27)20(15-6-3-2-4-7-15)30-22(28)16-10-11-19-25-23-14-26(19)13-16/h2-14,20H,1H3,(H,24,27). The highest BCUT2D eigenvalue weighted by Crippen LogP contribution is 2.23. The largest absolute Gasteiger partial charge is 0.497 e. The maximum atomic E-state index is 13.0. The SMILES string of the molecule is COc1cccc(NC(=O)C(OC(=O)c2ccc3nncn3c2)c2ccccc2)c1. The summed E-state index contributed by atoms with van der Waals surface area (Å²) in [7, 11) is 1.54. The van der Waals surface area contributed by atoms with Crippen LogP contribution in [0.4, 0.5) is 5.69 Å². The van der Waals surface area contributed by atoms with E-state index < -0.39 is 18.0 Å². The number of aromatic nitrogens is 3. The summed E-state index contributed by atoms with van der Waals surface area (Å²) in [6.07, 6.45) is 1.90. The van der Waals surface area contributed by atoms with Gasteiger partial charge in [0, 0.05) is 23.5 Å². The summed E-state index contributed by atoms with van der Waals surface area (Å²) in [6.45, 7) is 0. The number of pyridine rings is 1. The number of hydrogen-bond donors (Lipinski definition) is 1. The van der Waals surface area contributed by atoms with Crippen molar-refractivity contribution in [3.8, 4) is 5.75 Å². The van der Waals surface area contributed by atoms with Crippen molar-refractivity contribution in [3.63, 3.8) is 0 Å². The molecule has 0 saturated heterocycles. The molecule has 2 aromatic heterocycles. The van der Waals surface area contributed by atoms with E-state index in [0.29, 0.717) is 22.6 Å². The molecule has 4 rings (SSSR count). The zero-order chi connectivity index (χ0) is 20.9. The fourth-order valence-corrected chi connectivity index (χ4v) is 2.93. The van der Waals surface area contributed by atoms with E-state index in [2.05, 4.69) is 15.5 Å². The van der Waals surface area contributed by atoms with E-state index in [4.69, 9.17) is 9.47 Å². The number of methoxy groups -OCH3 is 1. The van der Waals surface area contributed by atoms with Crippen LogP contribution in [0.1, 0.15) is 22.0 Å². The molecule has 150 valence electrons. The number of nitrogens with one attached hydrogen (secondary N) is 1. The van der Waals surface area contributed by atoms with E-state index in [1.165, 1.54) is 6.33 Å². The zero-order valence-corrected chi connectivity index (χ0v) is 16.1. The second-order valence-corrected chi connectivity index (χ2v) is 6.43. The first-order chi connectivity index (χ1) is 14.6. The number of carbonyl (C=O) groups is 2. The van der Waals surface area contributed by atoms with E-state index in [1.807, 2.05) is 6.07 Å². The molecule has 0 bridgehead atoms. The molecule has 2 heterocycles. The molecule has 4 aromatic rings. The van der Waals surface area contributed by atoms with Crippen LogP contribution in [0.2, 0.25) is 0 Å².